The van der Waals surface area contributed by atoms with Crippen LogP contribution in [0.15, 0.2) is 18.2 Å². The van der Waals surface area contributed by atoms with E-state index < -0.39 is 6.10 Å². The summed E-state index contributed by atoms with van der Waals surface area (Å²) in [5.74, 6) is 0. The molecule has 2 N–H and O–H groups in total. The standard InChI is InChI=1S/C14H20ClNO3/c1-9-6-16(7-12(8-17)19-9)14-4-3-11(10(2)18)5-13(14)15/h3-5,9-10,12,17-18H,6-8H2,1-2H3. The van der Waals surface area contributed by atoms with Gasteiger partial charge in [-0.1, -0.05) is 17.7 Å². The number of nitrogens with zero attached hydrogens (tertiary/aromatic N) is 1. The van der Waals surface area contributed by atoms with Crippen LogP contribution < -0.4 is 4.90 Å². The van der Waals surface area contributed by atoms with E-state index in [1.807, 2.05) is 19.1 Å². The SMILES string of the molecule is CC1CN(c2ccc(C(C)O)cc2Cl)CC(CO)O1. The molecule has 1 aliphatic rings. The predicted octanol–water partition coefficient (Wildman–Crippen LogP) is 1.98. The van der Waals surface area contributed by atoms with Gasteiger partial charge >= 0.3 is 0 Å². The summed E-state index contributed by atoms with van der Waals surface area (Å²) in [6, 6.07) is 5.58. The summed E-state index contributed by atoms with van der Waals surface area (Å²) in [5.41, 5.74) is 1.72. The third-order valence-corrected chi connectivity index (χ3v) is 3.63. The van der Waals surface area contributed by atoms with Crippen molar-refractivity contribution in [2.24, 2.45) is 0 Å². The van der Waals surface area contributed by atoms with Gasteiger partial charge in [0.2, 0.25) is 0 Å². The molecule has 1 aliphatic heterocycles. The van der Waals surface area contributed by atoms with Gasteiger partial charge in [0.1, 0.15) is 0 Å². The fourth-order valence-electron chi connectivity index (χ4n) is 2.38. The van der Waals surface area contributed by atoms with E-state index in [0.717, 1.165) is 17.8 Å². The average molecular weight is 286 g/mol. The molecule has 3 unspecified atom stereocenters. The molecule has 2 rings (SSSR count). The second-order valence-electron chi connectivity index (χ2n) is 5.04. The maximum Gasteiger partial charge on any atom is 0.0984 e. The van der Waals surface area contributed by atoms with Crippen LogP contribution in [0.2, 0.25) is 5.02 Å². The Morgan fingerprint density at radius 2 is 2.21 bits per heavy atom. The molecular formula is C14H20ClNO3. The minimum Gasteiger partial charge on any atom is -0.394 e. The highest BCUT2D eigenvalue weighted by Crippen LogP contribution is 2.31. The highest BCUT2D eigenvalue weighted by molar-refractivity contribution is 6.33. The first-order valence-corrected chi connectivity index (χ1v) is 6.87. The van der Waals surface area contributed by atoms with Crippen molar-refractivity contribution in [1.82, 2.24) is 0 Å². The lowest BCUT2D eigenvalue weighted by Gasteiger charge is -2.38. The topological polar surface area (TPSA) is 52.9 Å². The van der Waals surface area contributed by atoms with Gasteiger partial charge in [-0.25, -0.2) is 0 Å². The number of ether oxygens (including phenoxy) is 1. The largest absolute Gasteiger partial charge is 0.394 e. The maximum absolute atomic E-state index is 9.55. The lowest BCUT2D eigenvalue weighted by molar-refractivity contribution is -0.0421. The molecule has 0 radical (unpaired) electrons. The summed E-state index contributed by atoms with van der Waals surface area (Å²) in [6.07, 6.45) is -0.657. The summed E-state index contributed by atoms with van der Waals surface area (Å²) in [5, 5.41) is 19.4. The molecule has 1 heterocycles. The van der Waals surface area contributed by atoms with Crippen LogP contribution in [0.1, 0.15) is 25.5 Å². The molecule has 0 saturated carbocycles. The van der Waals surface area contributed by atoms with Gasteiger partial charge in [-0.3, -0.25) is 0 Å². The minimum absolute atomic E-state index is 0.00418. The first-order valence-electron chi connectivity index (χ1n) is 6.50. The third kappa shape index (κ3) is 3.39. The molecule has 5 heteroatoms. The van der Waals surface area contributed by atoms with Crippen molar-refractivity contribution < 1.29 is 14.9 Å². The van der Waals surface area contributed by atoms with Crippen LogP contribution in [0.4, 0.5) is 5.69 Å². The van der Waals surface area contributed by atoms with Crippen molar-refractivity contribution >= 4 is 17.3 Å². The minimum atomic E-state index is -0.527. The van der Waals surface area contributed by atoms with Crippen molar-refractivity contribution in [2.45, 2.75) is 32.2 Å². The number of rotatable bonds is 3. The third-order valence-electron chi connectivity index (χ3n) is 3.32. The Morgan fingerprint density at radius 1 is 1.47 bits per heavy atom. The van der Waals surface area contributed by atoms with E-state index in [4.69, 9.17) is 16.3 Å². The Morgan fingerprint density at radius 3 is 2.79 bits per heavy atom. The Balaban J connectivity index is 2.21. The molecule has 0 amide bonds. The first kappa shape index (κ1) is 14.6. The van der Waals surface area contributed by atoms with Crippen LogP contribution in [0.5, 0.6) is 0 Å². The lowest BCUT2D eigenvalue weighted by Crippen LogP contribution is -2.48. The number of benzene rings is 1. The molecule has 1 aromatic carbocycles. The number of aliphatic hydroxyl groups is 2. The molecule has 0 aliphatic carbocycles. The molecule has 3 atom stereocenters. The average Bonchev–Trinajstić information content (AvgIpc) is 2.37. The van der Waals surface area contributed by atoms with Gasteiger partial charge in [0.25, 0.3) is 0 Å². The smallest absolute Gasteiger partial charge is 0.0984 e. The van der Waals surface area contributed by atoms with Gasteiger partial charge in [-0.05, 0) is 31.5 Å². The molecule has 0 spiro atoms. The van der Waals surface area contributed by atoms with Gasteiger partial charge in [-0.15, -0.1) is 0 Å². The van der Waals surface area contributed by atoms with Crippen LogP contribution in [-0.2, 0) is 4.74 Å². The lowest BCUT2D eigenvalue weighted by atomic mass is 10.1. The normalized spacial score (nSPS) is 25.4. The van der Waals surface area contributed by atoms with Crippen LogP contribution in [0.3, 0.4) is 0 Å². The Bertz CT molecular complexity index is 439. The van der Waals surface area contributed by atoms with Crippen molar-refractivity contribution in [1.29, 1.82) is 0 Å². The van der Waals surface area contributed by atoms with E-state index >= 15 is 0 Å². The fraction of sp³-hybridized carbons (Fsp3) is 0.571. The molecule has 1 saturated heterocycles. The molecule has 1 fully saturated rings. The molecule has 4 nitrogen and oxygen atoms in total. The van der Waals surface area contributed by atoms with Gasteiger partial charge < -0.3 is 19.8 Å². The molecule has 106 valence electrons. The first-order chi connectivity index (χ1) is 9.01. The number of anilines is 1. The summed E-state index contributed by atoms with van der Waals surface area (Å²) >= 11 is 6.29. The van der Waals surface area contributed by atoms with E-state index in [9.17, 15) is 10.2 Å². The Hall–Kier alpha value is -0.810. The maximum atomic E-state index is 9.55. The summed E-state index contributed by atoms with van der Waals surface area (Å²) < 4.78 is 5.61. The van der Waals surface area contributed by atoms with Crippen molar-refractivity contribution in [3.63, 3.8) is 0 Å². The Labute approximate surface area is 118 Å². The van der Waals surface area contributed by atoms with E-state index in [-0.39, 0.29) is 18.8 Å². The van der Waals surface area contributed by atoms with E-state index in [0.29, 0.717) is 11.6 Å². The van der Waals surface area contributed by atoms with Crippen LogP contribution in [0.25, 0.3) is 0 Å². The van der Waals surface area contributed by atoms with Crippen molar-refractivity contribution in [2.75, 3.05) is 24.6 Å². The number of hydrogen-bond acceptors (Lipinski definition) is 4. The quantitative estimate of drug-likeness (QED) is 0.892. The summed E-state index contributed by atoms with van der Waals surface area (Å²) in [4.78, 5) is 2.11. The highest BCUT2D eigenvalue weighted by atomic mass is 35.5. The zero-order valence-electron chi connectivity index (χ0n) is 11.2. The monoisotopic (exact) mass is 285 g/mol. The van der Waals surface area contributed by atoms with Gasteiger partial charge in [0.05, 0.1) is 35.6 Å². The van der Waals surface area contributed by atoms with Gasteiger partial charge in [-0.2, -0.15) is 0 Å². The number of aliphatic hydroxyl groups excluding tert-OH is 2. The molecular weight excluding hydrogens is 266 g/mol. The van der Waals surface area contributed by atoms with Crippen molar-refractivity contribution in [3.05, 3.63) is 28.8 Å². The van der Waals surface area contributed by atoms with Crippen LogP contribution in [0, 0.1) is 0 Å². The zero-order chi connectivity index (χ0) is 14.0. The summed E-state index contributed by atoms with van der Waals surface area (Å²) in [7, 11) is 0. The van der Waals surface area contributed by atoms with E-state index in [2.05, 4.69) is 4.90 Å². The van der Waals surface area contributed by atoms with Gasteiger partial charge in [0.15, 0.2) is 0 Å². The van der Waals surface area contributed by atoms with Gasteiger partial charge in [0, 0.05) is 13.1 Å². The predicted molar refractivity (Wildman–Crippen MR) is 75.7 cm³/mol. The number of halogens is 1. The highest BCUT2D eigenvalue weighted by Gasteiger charge is 2.26. The molecule has 0 bridgehead atoms. The molecule has 0 aromatic heterocycles. The summed E-state index contributed by atoms with van der Waals surface area (Å²) in [6.45, 7) is 5.06. The number of hydrogen-bond donors (Lipinski definition) is 2. The Kier molecular flexibility index (Phi) is 4.68. The van der Waals surface area contributed by atoms with Crippen LogP contribution in [-0.4, -0.2) is 42.1 Å². The van der Waals surface area contributed by atoms with E-state index in [1.165, 1.54) is 0 Å². The fourth-order valence-corrected chi connectivity index (χ4v) is 2.69. The number of morpholine rings is 1. The zero-order valence-corrected chi connectivity index (χ0v) is 12.0. The molecule has 1 aromatic rings. The second-order valence-corrected chi connectivity index (χ2v) is 5.45. The van der Waals surface area contributed by atoms with Crippen molar-refractivity contribution in [3.8, 4) is 0 Å². The van der Waals surface area contributed by atoms with Crippen LogP contribution >= 0.6 is 11.6 Å². The molecule has 19 heavy (non-hydrogen) atoms. The van der Waals surface area contributed by atoms with E-state index in [1.54, 1.807) is 13.0 Å². The second kappa shape index (κ2) is 6.09.